The second-order valence-corrected chi connectivity index (χ2v) is 8.51. The molecule has 13 heteroatoms. The number of nitrogens with zero attached hydrogens (tertiary/aromatic N) is 1. The number of hydrogen-bond acceptors (Lipinski definition) is 10. The van der Waals surface area contributed by atoms with Crippen LogP contribution in [-0.4, -0.2) is 79.9 Å². The molecule has 0 saturated carbocycles. The van der Waals surface area contributed by atoms with Gasteiger partial charge in [-0.2, -0.15) is 8.42 Å². The van der Waals surface area contributed by atoms with Crippen molar-refractivity contribution < 1.29 is 42.4 Å². The quantitative estimate of drug-likeness (QED) is 0.144. The van der Waals surface area contributed by atoms with Crippen LogP contribution in [0.2, 0.25) is 0 Å². The highest BCUT2D eigenvalue weighted by Crippen LogP contribution is 2.31. The van der Waals surface area contributed by atoms with E-state index in [0.29, 0.717) is 0 Å². The molecule has 3 rings (SSSR count). The van der Waals surface area contributed by atoms with Gasteiger partial charge in [-0.05, 0) is 11.6 Å². The number of aromatic amines is 1. The van der Waals surface area contributed by atoms with Crippen LogP contribution >= 0.6 is 11.8 Å². The van der Waals surface area contributed by atoms with Gasteiger partial charge in [0.05, 0.1) is 6.61 Å². The van der Waals surface area contributed by atoms with Crippen LogP contribution in [0.1, 0.15) is 5.56 Å². The minimum Gasteiger partial charge on any atom is -0.394 e. The lowest BCUT2D eigenvalue weighted by molar-refractivity contribution is -0.205. The number of oxime groups is 1. The Kier molecular flexibility index (Phi) is 6.80. The van der Waals surface area contributed by atoms with Crippen molar-refractivity contribution in [3.05, 3.63) is 36.0 Å². The summed E-state index contributed by atoms with van der Waals surface area (Å²) in [5, 5.41) is 43.5. The third-order valence-corrected chi connectivity index (χ3v) is 5.73. The van der Waals surface area contributed by atoms with Crippen molar-refractivity contribution >= 4 is 38.1 Å². The van der Waals surface area contributed by atoms with Gasteiger partial charge in [0.1, 0.15) is 34.9 Å². The van der Waals surface area contributed by atoms with Gasteiger partial charge in [-0.3, -0.25) is 4.55 Å². The van der Waals surface area contributed by atoms with Gasteiger partial charge in [-0.15, -0.1) is 0 Å². The van der Waals surface area contributed by atoms with Gasteiger partial charge in [-0.25, -0.2) is 4.28 Å². The lowest BCUT2D eigenvalue weighted by Gasteiger charge is -2.39. The second-order valence-electron chi connectivity index (χ2n) is 6.34. The third kappa shape index (κ3) is 5.26. The van der Waals surface area contributed by atoms with Crippen LogP contribution in [0.3, 0.4) is 0 Å². The molecular weight excluding hydrogens is 428 g/mol. The Morgan fingerprint density at radius 2 is 1.93 bits per heavy atom. The summed E-state index contributed by atoms with van der Waals surface area (Å²) in [5.74, 6) is 0. The zero-order chi connectivity index (χ0) is 21.2. The van der Waals surface area contributed by atoms with E-state index in [9.17, 15) is 28.8 Å². The predicted octanol–water partition coefficient (Wildman–Crippen LogP) is -0.624. The van der Waals surface area contributed by atoms with Crippen LogP contribution in [0, 0.1) is 0 Å². The first-order valence-corrected chi connectivity index (χ1v) is 10.7. The van der Waals surface area contributed by atoms with Crippen molar-refractivity contribution in [2.45, 2.75) is 36.3 Å². The monoisotopic (exact) mass is 448 g/mol. The van der Waals surface area contributed by atoms with Crippen LogP contribution in [0.15, 0.2) is 35.6 Å². The Balaban J connectivity index is 1.85. The van der Waals surface area contributed by atoms with E-state index >= 15 is 0 Å². The summed E-state index contributed by atoms with van der Waals surface area (Å²) in [6.07, 6.45) is -4.11. The number of nitrogens with one attached hydrogen (secondary N) is 1. The minimum atomic E-state index is -4.87. The lowest BCUT2D eigenvalue weighted by Crippen LogP contribution is -2.57. The van der Waals surface area contributed by atoms with E-state index in [-0.39, 0.29) is 11.5 Å². The molecule has 5 atom stereocenters. The Morgan fingerprint density at radius 1 is 1.21 bits per heavy atom. The molecule has 5 unspecified atom stereocenters. The van der Waals surface area contributed by atoms with Gasteiger partial charge in [0.2, 0.25) is 0 Å². The highest BCUT2D eigenvalue weighted by atomic mass is 32.3. The van der Waals surface area contributed by atoms with Crippen molar-refractivity contribution in [1.29, 1.82) is 0 Å². The third-order valence-electron chi connectivity index (χ3n) is 4.35. The van der Waals surface area contributed by atoms with Crippen molar-refractivity contribution in [3.8, 4) is 0 Å². The molecule has 0 radical (unpaired) electrons. The molecule has 0 amide bonds. The summed E-state index contributed by atoms with van der Waals surface area (Å²) in [6, 6.07) is 7.33. The van der Waals surface area contributed by atoms with Crippen LogP contribution in [0.25, 0.3) is 10.9 Å². The molecule has 0 aliphatic carbocycles. The summed E-state index contributed by atoms with van der Waals surface area (Å²) in [6.45, 7) is -0.613. The number of hydrogen-bond donors (Lipinski definition) is 6. The molecule has 11 nitrogen and oxygen atoms in total. The van der Waals surface area contributed by atoms with Gasteiger partial charge in [-0.1, -0.05) is 35.1 Å². The van der Waals surface area contributed by atoms with Crippen LogP contribution in [0.4, 0.5) is 0 Å². The summed E-state index contributed by atoms with van der Waals surface area (Å²) in [4.78, 5) is 3.05. The zero-order valence-electron chi connectivity index (χ0n) is 14.8. The molecule has 1 aromatic heterocycles. The average molecular weight is 448 g/mol. The van der Waals surface area contributed by atoms with Crippen molar-refractivity contribution in [2.75, 3.05) is 6.61 Å². The predicted molar refractivity (Wildman–Crippen MR) is 103 cm³/mol. The Labute approximate surface area is 169 Å². The molecule has 29 heavy (non-hydrogen) atoms. The maximum Gasteiger partial charge on any atom is 0.466 e. The maximum absolute atomic E-state index is 10.9. The van der Waals surface area contributed by atoms with Crippen LogP contribution in [0.5, 0.6) is 0 Å². The number of rotatable bonds is 6. The highest BCUT2D eigenvalue weighted by Gasteiger charge is 2.44. The smallest absolute Gasteiger partial charge is 0.394 e. The van der Waals surface area contributed by atoms with Gasteiger partial charge in [0, 0.05) is 23.5 Å². The Bertz CT molecular complexity index is 976. The molecule has 6 N–H and O–H groups in total. The number of aliphatic hydroxyl groups is 4. The van der Waals surface area contributed by atoms with Crippen molar-refractivity contribution in [3.63, 3.8) is 0 Å². The van der Waals surface area contributed by atoms with Crippen LogP contribution < -0.4 is 0 Å². The molecule has 1 aliphatic heterocycles. The first-order chi connectivity index (χ1) is 13.7. The number of aliphatic hydroxyl groups excluding tert-OH is 4. The number of para-hydroxylation sites is 1. The Morgan fingerprint density at radius 3 is 2.62 bits per heavy atom. The van der Waals surface area contributed by atoms with E-state index in [1.54, 1.807) is 6.20 Å². The molecule has 1 aliphatic rings. The Hall–Kier alpha value is -1.71. The fourth-order valence-corrected chi connectivity index (χ4v) is 4.24. The van der Waals surface area contributed by atoms with Gasteiger partial charge >= 0.3 is 10.4 Å². The van der Waals surface area contributed by atoms with Gasteiger partial charge < -0.3 is 30.1 Å². The first kappa shape index (κ1) is 22.0. The van der Waals surface area contributed by atoms with E-state index in [1.165, 1.54) is 0 Å². The van der Waals surface area contributed by atoms with Gasteiger partial charge in [0.25, 0.3) is 0 Å². The number of H-pyrrole nitrogens is 1. The average Bonchev–Trinajstić information content (AvgIpc) is 3.08. The molecule has 1 fully saturated rings. The van der Waals surface area contributed by atoms with Crippen LogP contribution in [-0.2, 0) is 25.8 Å². The number of aromatic nitrogens is 1. The van der Waals surface area contributed by atoms with E-state index in [1.807, 2.05) is 24.3 Å². The summed E-state index contributed by atoms with van der Waals surface area (Å²) in [7, 11) is -4.87. The summed E-state index contributed by atoms with van der Waals surface area (Å²) in [5.41, 5.74) is 0.352. The molecular formula is C16H20N2O9S2. The second kappa shape index (κ2) is 8.97. The number of benzene rings is 1. The highest BCUT2D eigenvalue weighted by molar-refractivity contribution is 8.14. The SMILES string of the molecule is O=S(=O)(O)O/N=C(\Cc1c[nH]c2ccccc12)SC1OC(CO)C(O)C(O)C1O. The van der Waals surface area contributed by atoms with E-state index < -0.39 is 46.9 Å². The van der Waals surface area contributed by atoms with Gasteiger partial charge in [0.15, 0.2) is 0 Å². The first-order valence-electron chi connectivity index (χ1n) is 8.44. The van der Waals surface area contributed by atoms with E-state index in [0.717, 1.165) is 28.2 Å². The molecule has 2 heterocycles. The van der Waals surface area contributed by atoms with E-state index in [2.05, 4.69) is 14.4 Å². The minimum absolute atomic E-state index is 0.00305. The fraction of sp³-hybridized carbons (Fsp3) is 0.438. The van der Waals surface area contributed by atoms with E-state index in [4.69, 9.17) is 9.29 Å². The topological polar surface area (TPSA) is 182 Å². The standard InChI is InChI=1S/C16H20N2O9S2/c19-7-11-13(20)14(21)15(22)16(26-11)28-12(18-27-29(23,24)25)5-8-6-17-10-4-2-1-3-9(8)10/h1-4,6,11,13-17,19-22H,5,7H2,(H,23,24,25)/b18-12+. The molecule has 0 spiro atoms. The molecule has 2 aromatic rings. The van der Waals surface area contributed by atoms with Crippen molar-refractivity contribution in [1.82, 2.24) is 4.98 Å². The number of ether oxygens (including phenoxy) is 1. The summed E-state index contributed by atoms with van der Waals surface area (Å²) < 4.78 is 40.2. The molecule has 0 bridgehead atoms. The largest absolute Gasteiger partial charge is 0.466 e. The number of thioether (sulfide) groups is 1. The zero-order valence-corrected chi connectivity index (χ0v) is 16.5. The summed E-state index contributed by atoms with van der Waals surface area (Å²) >= 11 is 0.727. The molecule has 1 saturated heterocycles. The normalized spacial score (nSPS) is 28.6. The fourth-order valence-electron chi connectivity index (χ4n) is 2.92. The lowest BCUT2D eigenvalue weighted by atomic mass is 10.0. The maximum atomic E-state index is 10.9. The molecule has 160 valence electrons. The molecule has 1 aromatic carbocycles. The number of fused-ring (bicyclic) bond motifs is 1. The van der Waals surface area contributed by atoms with Crippen molar-refractivity contribution in [2.24, 2.45) is 5.16 Å².